The third-order valence-electron chi connectivity index (χ3n) is 5.62. The van der Waals surface area contributed by atoms with Crippen LogP contribution in [0.1, 0.15) is 17.9 Å². The second-order valence-electron chi connectivity index (χ2n) is 7.30. The molecule has 5 rings (SSSR count). The first-order valence-corrected chi connectivity index (χ1v) is 9.50. The molecule has 0 radical (unpaired) electrons. The van der Waals surface area contributed by atoms with E-state index >= 15 is 0 Å². The molecule has 0 bridgehead atoms. The fourth-order valence-electron chi connectivity index (χ4n) is 4.10. The molecule has 2 aromatic heterocycles. The standard InChI is InChI=1S/C22H20N4O2/c27-20(25-11-10-16(13-25)15-6-2-1-3-7-15)14-26-22(28)21-18(12-23-26)17-8-4-5-9-19(17)24-21/h1-9,12,16,24H,10-11,13-14H2/t16-/m0/s1. The molecule has 1 fully saturated rings. The Bertz CT molecular complexity index is 1230. The molecule has 1 N–H and O–H groups in total. The summed E-state index contributed by atoms with van der Waals surface area (Å²) in [4.78, 5) is 30.6. The summed E-state index contributed by atoms with van der Waals surface area (Å²) in [7, 11) is 0. The van der Waals surface area contributed by atoms with Gasteiger partial charge in [0, 0.05) is 35.3 Å². The molecule has 4 aromatic rings. The zero-order valence-electron chi connectivity index (χ0n) is 15.3. The van der Waals surface area contributed by atoms with Gasteiger partial charge in [0.1, 0.15) is 12.1 Å². The summed E-state index contributed by atoms with van der Waals surface area (Å²) in [6, 6.07) is 18.0. The Hall–Kier alpha value is -3.41. The number of H-pyrrole nitrogens is 1. The molecule has 1 amide bonds. The zero-order chi connectivity index (χ0) is 19.1. The lowest BCUT2D eigenvalue weighted by Crippen LogP contribution is -2.36. The van der Waals surface area contributed by atoms with Crippen molar-refractivity contribution in [1.82, 2.24) is 19.7 Å². The largest absolute Gasteiger partial charge is 0.350 e. The van der Waals surface area contributed by atoms with Crippen LogP contribution >= 0.6 is 0 Å². The van der Waals surface area contributed by atoms with Gasteiger partial charge in [-0.2, -0.15) is 5.10 Å². The van der Waals surface area contributed by atoms with E-state index in [2.05, 4.69) is 22.2 Å². The van der Waals surface area contributed by atoms with E-state index in [1.54, 1.807) is 6.20 Å². The summed E-state index contributed by atoms with van der Waals surface area (Å²) in [5.41, 5.74) is 2.38. The Morgan fingerprint density at radius 2 is 1.86 bits per heavy atom. The summed E-state index contributed by atoms with van der Waals surface area (Å²) < 4.78 is 1.26. The SMILES string of the molecule is O=C(Cn1ncc2c([nH]c3ccccc32)c1=O)N1CC[C@H](c2ccccc2)C1. The van der Waals surface area contributed by atoms with Crippen LogP contribution in [0, 0.1) is 0 Å². The number of hydrogen-bond acceptors (Lipinski definition) is 3. The number of para-hydroxylation sites is 1. The molecule has 2 aromatic carbocycles. The number of aromatic amines is 1. The highest BCUT2D eigenvalue weighted by Crippen LogP contribution is 2.27. The number of likely N-dealkylation sites (tertiary alicyclic amines) is 1. The lowest BCUT2D eigenvalue weighted by molar-refractivity contribution is -0.131. The number of benzene rings is 2. The van der Waals surface area contributed by atoms with Crippen LogP contribution in [0.5, 0.6) is 0 Å². The lowest BCUT2D eigenvalue weighted by Gasteiger charge is -2.17. The monoisotopic (exact) mass is 372 g/mol. The van der Waals surface area contributed by atoms with E-state index in [4.69, 9.17) is 0 Å². The highest BCUT2D eigenvalue weighted by molar-refractivity contribution is 6.06. The van der Waals surface area contributed by atoms with Crippen LogP contribution in [0.25, 0.3) is 21.8 Å². The van der Waals surface area contributed by atoms with Gasteiger partial charge in [-0.1, -0.05) is 48.5 Å². The molecule has 1 aliphatic heterocycles. The van der Waals surface area contributed by atoms with Gasteiger partial charge in [0.05, 0.1) is 6.20 Å². The molecule has 1 aliphatic rings. The zero-order valence-corrected chi connectivity index (χ0v) is 15.3. The summed E-state index contributed by atoms with van der Waals surface area (Å²) >= 11 is 0. The summed E-state index contributed by atoms with van der Waals surface area (Å²) in [6.45, 7) is 1.36. The molecule has 0 spiro atoms. The molecule has 0 saturated carbocycles. The quantitative estimate of drug-likeness (QED) is 0.601. The van der Waals surface area contributed by atoms with Gasteiger partial charge in [-0.3, -0.25) is 9.59 Å². The van der Waals surface area contributed by atoms with Gasteiger partial charge >= 0.3 is 0 Å². The van der Waals surface area contributed by atoms with Gasteiger partial charge in [-0.05, 0) is 18.1 Å². The summed E-state index contributed by atoms with van der Waals surface area (Å²) in [5, 5.41) is 6.00. The molecule has 140 valence electrons. The van der Waals surface area contributed by atoms with E-state index in [1.807, 2.05) is 47.4 Å². The number of nitrogens with zero attached hydrogens (tertiary/aromatic N) is 3. The average molecular weight is 372 g/mol. The molecule has 0 unspecified atom stereocenters. The minimum Gasteiger partial charge on any atom is -0.350 e. The minimum absolute atomic E-state index is 0.0361. The second kappa shape index (κ2) is 6.64. The third-order valence-corrected chi connectivity index (χ3v) is 5.62. The van der Waals surface area contributed by atoms with E-state index < -0.39 is 0 Å². The molecule has 0 aliphatic carbocycles. The van der Waals surface area contributed by atoms with E-state index in [-0.39, 0.29) is 18.0 Å². The average Bonchev–Trinajstić information content (AvgIpc) is 3.36. The first-order chi connectivity index (χ1) is 13.7. The van der Waals surface area contributed by atoms with Gasteiger partial charge in [0.2, 0.25) is 5.91 Å². The third kappa shape index (κ3) is 2.78. The number of amides is 1. The fourth-order valence-corrected chi connectivity index (χ4v) is 4.10. The topological polar surface area (TPSA) is 71.0 Å². The van der Waals surface area contributed by atoms with Crippen LogP contribution in [0.2, 0.25) is 0 Å². The van der Waals surface area contributed by atoms with E-state index in [0.29, 0.717) is 24.5 Å². The van der Waals surface area contributed by atoms with E-state index in [9.17, 15) is 9.59 Å². The van der Waals surface area contributed by atoms with Crippen molar-refractivity contribution in [3.05, 3.63) is 76.7 Å². The van der Waals surface area contributed by atoms with Crippen molar-refractivity contribution in [1.29, 1.82) is 0 Å². The van der Waals surface area contributed by atoms with Crippen LogP contribution < -0.4 is 5.56 Å². The van der Waals surface area contributed by atoms with Gasteiger partial charge < -0.3 is 9.88 Å². The smallest absolute Gasteiger partial charge is 0.291 e. The molecule has 28 heavy (non-hydrogen) atoms. The maximum Gasteiger partial charge on any atom is 0.291 e. The van der Waals surface area contributed by atoms with Gasteiger partial charge in [-0.15, -0.1) is 0 Å². The number of fused-ring (bicyclic) bond motifs is 3. The second-order valence-corrected chi connectivity index (χ2v) is 7.30. The Labute approximate surface area is 161 Å². The number of rotatable bonds is 3. The number of aromatic nitrogens is 3. The predicted octanol–water partition coefficient (Wildman–Crippen LogP) is 2.89. The molecule has 1 saturated heterocycles. The van der Waals surface area contributed by atoms with Gasteiger partial charge in [-0.25, -0.2) is 4.68 Å². The molecular weight excluding hydrogens is 352 g/mol. The van der Waals surface area contributed by atoms with E-state index in [0.717, 1.165) is 22.7 Å². The van der Waals surface area contributed by atoms with Crippen molar-refractivity contribution in [3.63, 3.8) is 0 Å². The maximum absolute atomic E-state index is 12.8. The Kier molecular flexibility index (Phi) is 3.97. The lowest BCUT2D eigenvalue weighted by atomic mass is 9.99. The normalized spacial score (nSPS) is 16.9. The van der Waals surface area contributed by atoms with Crippen molar-refractivity contribution < 1.29 is 4.79 Å². The van der Waals surface area contributed by atoms with Crippen LogP contribution in [0.15, 0.2) is 65.6 Å². The van der Waals surface area contributed by atoms with Crippen molar-refractivity contribution in [2.45, 2.75) is 18.9 Å². The highest BCUT2D eigenvalue weighted by atomic mass is 16.2. The molecular formula is C22H20N4O2. The van der Waals surface area contributed by atoms with Crippen molar-refractivity contribution in [2.75, 3.05) is 13.1 Å². The van der Waals surface area contributed by atoms with Crippen LogP contribution in [0.4, 0.5) is 0 Å². The molecule has 6 heteroatoms. The van der Waals surface area contributed by atoms with E-state index in [1.165, 1.54) is 10.2 Å². The Balaban J connectivity index is 1.38. The van der Waals surface area contributed by atoms with Crippen LogP contribution in [-0.2, 0) is 11.3 Å². The fraction of sp³-hybridized carbons (Fsp3) is 0.227. The number of carbonyl (C=O) groups excluding carboxylic acids is 1. The summed E-state index contributed by atoms with van der Waals surface area (Å²) in [5.74, 6) is 0.287. The minimum atomic E-state index is -0.263. The molecule has 1 atom stereocenters. The number of carbonyl (C=O) groups is 1. The van der Waals surface area contributed by atoms with Gasteiger partial charge in [0.25, 0.3) is 5.56 Å². The van der Waals surface area contributed by atoms with Crippen LogP contribution in [0.3, 0.4) is 0 Å². The van der Waals surface area contributed by atoms with Crippen molar-refractivity contribution >= 4 is 27.7 Å². The van der Waals surface area contributed by atoms with Crippen molar-refractivity contribution in [3.8, 4) is 0 Å². The van der Waals surface area contributed by atoms with Crippen LogP contribution in [-0.4, -0.2) is 38.7 Å². The first-order valence-electron chi connectivity index (χ1n) is 9.50. The number of nitrogens with one attached hydrogen (secondary N) is 1. The first kappa shape index (κ1) is 16.7. The predicted molar refractivity (Wildman–Crippen MR) is 108 cm³/mol. The number of hydrogen-bond donors (Lipinski definition) is 1. The Morgan fingerprint density at radius 3 is 2.71 bits per heavy atom. The molecule has 6 nitrogen and oxygen atoms in total. The summed E-state index contributed by atoms with van der Waals surface area (Å²) in [6.07, 6.45) is 2.61. The Morgan fingerprint density at radius 1 is 1.07 bits per heavy atom. The molecule has 3 heterocycles. The van der Waals surface area contributed by atoms with Gasteiger partial charge in [0.15, 0.2) is 0 Å². The highest BCUT2D eigenvalue weighted by Gasteiger charge is 2.27. The van der Waals surface area contributed by atoms with Crippen molar-refractivity contribution in [2.24, 2.45) is 0 Å². The maximum atomic E-state index is 12.8.